The molecule has 18 heavy (non-hydrogen) atoms. The molecule has 3 N–H and O–H groups in total. The van der Waals surface area contributed by atoms with Crippen LogP contribution in [-0.2, 0) is 0 Å². The number of nitrogens with zero attached hydrogens (tertiary/aromatic N) is 1. The third kappa shape index (κ3) is 2.75. The van der Waals surface area contributed by atoms with Crippen molar-refractivity contribution in [3.05, 3.63) is 63.6 Å². The summed E-state index contributed by atoms with van der Waals surface area (Å²) >= 11 is 3.32. The fourth-order valence-corrected chi connectivity index (χ4v) is 1.93. The maximum atomic E-state index is 13.6. The number of nitrogens with one attached hydrogen (secondary N) is 1. The Morgan fingerprint density at radius 1 is 1.33 bits per heavy atom. The molecule has 0 aliphatic carbocycles. The number of halogens is 2. The Kier molecular flexibility index (Phi) is 4.06. The maximum Gasteiger partial charge on any atom is 0.126 e. The van der Waals surface area contributed by atoms with Gasteiger partial charge in [0.05, 0.1) is 11.7 Å². The number of aromatic nitrogens is 1. The van der Waals surface area contributed by atoms with Crippen LogP contribution in [0.1, 0.15) is 22.9 Å². The van der Waals surface area contributed by atoms with Crippen LogP contribution in [0, 0.1) is 12.7 Å². The van der Waals surface area contributed by atoms with E-state index in [-0.39, 0.29) is 11.9 Å². The maximum absolute atomic E-state index is 13.6. The van der Waals surface area contributed by atoms with Gasteiger partial charge in [-0.15, -0.1) is 0 Å². The van der Waals surface area contributed by atoms with Crippen LogP contribution in [0.2, 0.25) is 0 Å². The van der Waals surface area contributed by atoms with E-state index >= 15 is 0 Å². The number of hydrazine groups is 1. The zero-order valence-electron chi connectivity index (χ0n) is 9.82. The number of pyridine rings is 1. The lowest BCUT2D eigenvalue weighted by atomic mass is 10.0. The van der Waals surface area contributed by atoms with Crippen molar-refractivity contribution in [2.75, 3.05) is 0 Å². The molecule has 2 aromatic rings. The Morgan fingerprint density at radius 3 is 2.67 bits per heavy atom. The minimum absolute atomic E-state index is 0.245. The van der Waals surface area contributed by atoms with Crippen LogP contribution in [0.5, 0.6) is 0 Å². The Morgan fingerprint density at radius 2 is 2.11 bits per heavy atom. The number of hydrogen-bond donors (Lipinski definition) is 2. The van der Waals surface area contributed by atoms with Gasteiger partial charge in [-0.25, -0.2) is 9.82 Å². The van der Waals surface area contributed by atoms with Gasteiger partial charge in [0.1, 0.15) is 5.82 Å². The van der Waals surface area contributed by atoms with Crippen LogP contribution < -0.4 is 11.3 Å². The second-order valence-corrected chi connectivity index (χ2v) is 4.93. The van der Waals surface area contributed by atoms with Crippen LogP contribution in [-0.4, -0.2) is 4.98 Å². The number of aryl methyl sites for hydroxylation is 1. The molecule has 1 unspecified atom stereocenters. The highest BCUT2D eigenvalue weighted by molar-refractivity contribution is 9.10. The summed E-state index contributed by atoms with van der Waals surface area (Å²) < 4.78 is 14.4. The summed E-state index contributed by atoms with van der Waals surface area (Å²) in [6, 6.07) is 8.43. The fourth-order valence-electron chi connectivity index (χ4n) is 1.70. The molecule has 1 aromatic carbocycles. The van der Waals surface area contributed by atoms with Crippen molar-refractivity contribution in [3.63, 3.8) is 0 Å². The predicted octanol–water partition coefficient (Wildman–Crippen LogP) is 2.84. The van der Waals surface area contributed by atoms with Crippen LogP contribution in [0.3, 0.4) is 0 Å². The molecule has 0 radical (unpaired) electrons. The van der Waals surface area contributed by atoms with Crippen molar-refractivity contribution in [1.29, 1.82) is 0 Å². The monoisotopic (exact) mass is 309 g/mol. The van der Waals surface area contributed by atoms with Crippen molar-refractivity contribution < 1.29 is 4.39 Å². The molecule has 0 bridgehead atoms. The van der Waals surface area contributed by atoms with Crippen LogP contribution >= 0.6 is 15.9 Å². The van der Waals surface area contributed by atoms with Crippen molar-refractivity contribution in [2.45, 2.75) is 13.0 Å². The van der Waals surface area contributed by atoms with Gasteiger partial charge in [0.2, 0.25) is 0 Å². The second kappa shape index (κ2) is 5.56. The van der Waals surface area contributed by atoms with E-state index in [4.69, 9.17) is 5.84 Å². The zero-order chi connectivity index (χ0) is 13.1. The van der Waals surface area contributed by atoms with Gasteiger partial charge in [-0.05, 0) is 52.2 Å². The minimum atomic E-state index is -0.326. The predicted molar refractivity (Wildman–Crippen MR) is 72.2 cm³/mol. The van der Waals surface area contributed by atoms with Crippen molar-refractivity contribution in [2.24, 2.45) is 5.84 Å². The molecule has 0 aliphatic heterocycles. The van der Waals surface area contributed by atoms with E-state index in [1.807, 2.05) is 18.2 Å². The summed E-state index contributed by atoms with van der Waals surface area (Å²) in [7, 11) is 0. The molecular formula is C13H13BrFN3. The molecule has 94 valence electrons. The molecule has 0 fully saturated rings. The van der Waals surface area contributed by atoms with E-state index in [2.05, 4.69) is 26.3 Å². The van der Waals surface area contributed by atoms with Crippen LogP contribution in [0.15, 0.2) is 41.0 Å². The summed E-state index contributed by atoms with van der Waals surface area (Å²) in [4.78, 5) is 4.27. The lowest BCUT2D eigenvalue weighted by Gasteiger charge is -2.16. The molecule has 0 aliphatic rings. The number of hydrogen-bond acceptors (Lipinski definition) is 3. The normalized spacial score (nSPS) is 12.4. The van der Waals surface area contributed by atoms with Crippen molar-refractivity contribution in [3.8, 4) is 0 Å². The number of nitrogens with two attached hydrogens (primary N) is 1. The molecule has 0 saturated carbocycles. The molecule has 0 saturated heterocycles. The standard InChI is InChI=1S/C13H13BrFN3/c1-8-2-3-9(6-11(8)15)13(18-16)12-5-4-10(14)7-17-12/h2-7,13,18H,16H2,1H3. The molecule has 0 amide bonds. The Hall–Kier alpha value is -1.30. The molecule has 1 heterocycles. The van der Waals surface area contributed by atoms with Gasteiger partial charge < -0.3 is 0 Å². The second-order valence-electron chi connectivity index (χ2n) is 4.01. The average molecular weight is 310 g/mol. The van der Waals surface area contributed by atoms with Crippen molar-refractivity contribution >= 4 is 15.9 Å². The van der Waals surface area contributed by atoms with Crippen molar-refractivity contribution in [1.82, 2.24) is 10.4 Å². The smallest absolute Gasteiger partial charge is 0.126 e. The first-order chi connectivity index (χ1) is 8.61. The summed E-state index contributed by atoms with van der Waals surface area (Å²) in [6.45, 7) is 1.72. The molecular weight excluding hydrogens is 297 g/mol. The third-order valence-electron chi connectivity index (χ3n) is 2.74. The van der Waals surface area contributed by atoms with E-state index < -0.39 is 0 Å². The minimum Gasteiger partial charge on any atom is -0.271 e. The largest absolute Gasteiger partial charge is 0.271 e. The lowest BCUT2D eigenvalue weighted by molar-refractivity contribution is 0.592. The van der Waals surface area contributed by atoms with Gasteiger partial charge in [0.25, 0.3) is 0 Å². The Balaban J connectivity index is 2.38. The van der Waals surface area contributed by atoms with E-state index in [1.54, 1.807) is 19.2 Å². The highest BCUT2D eigenvalue weighted by atomic mass is 79.9. The SMILES string of the molecule is Cc1ccc(C(NN)c2ccc(Br)cn2)cc1F. The zero-order valence-corrected chi connectivity index (χ0v) is 11.4. The third-order valence-corrected chi connectivity index (χ3v) is 3.21. The molecule has 1 aromatic heterocycles. The van der Waals surface area contributed by atoms with Gasteiger partial charge in [0.15, 0.2) is 0 Å². The summed E-state index contributed by atoms with van der Waals surface area (Å²) in [5.74, 6) is 5.29. The van der Waals surface area contributed by atoms with Gasteiger partial charge >= 0.3 is 0 Å². The van der Waals surface area contributed by atoms with Gasteiger partial charge in [0, 0.05) is 10.7 Å². The lowest BCUT2D eigenvalue weighted by Crippen LogP contribution is -2.29. The van der Waals surface area contributed by atoms with Gasteiger partial charge in [-0.2, -0.15) is 0 Å². The Bertz CT molecular complexity index is 542. The summed E-state index contributed by atoms with van der Waals surface area (Å²) in [6.07, 6.45) is 1.68. The van der Waals surface area contributed by atoms with E-state index in [9.17, 15) is 4.39 Å². The first-order valence-corrected chi connectivity index (χ1v) is 6.24. The van der Waals surface area contributed by atoms with E-state index in [0.29, 0.717) is 5.56 Å². The molecule has 0 spiro atoms. The highest BCUT2D eigenvalue weighted by Gasteiger charge is 2.14. The topological polar surface area (TPSA) is 50.9 Å². The first-order valence-electron chi connectivity index (χ1n) is 5.45. The molecule has 3 nitrogen and oxygen atoms in total. The van der Waals surface area contributed by atoms with Crippen LogP contribution in [0.4, 0.5) is 4.39 Å². The van der Waals surface area contributed by atoms with Gasteiger partial charge in [-0.1, -0.05) is 12.1 Å². The number of benzene rings is 1. The Labute approximate surface area is 113 Å². The molecule has 5 heteroatoms. The van der Waals surface area contributed by atoms with E-state index in [0.717, 1.165) is 15.7 Å². The molecule has 2 rings (SSSR count). The quantitative estimate of drug-likeness (QED) is 0.677. The average Bonchev–Trinajstić information content (AvgIpc) is 2.37. The van der Waals surface area contributed by atoms with Gasteiger partial charge in [-0.3, -0.25) is 10.8 Å². The van der Waals surface area contributed by atoms with Crippen LogP contribution in [0.25, 0.3) is 0 Å². The summed E-state index contributed by atoms with van der Waals surface area (Å²) in [5.41, 5.74) is 4.75. The summed E-state index contributed by atoms with van der Waals surface area (Å²) in [5, 5.41) is 0. The highest BCUT2D eigenvalue weighted by Crippen LogP contribution is 2.22. The van der Waals surface area contributed by atoms with E-state index in [1.165, 1.54) is 6.07 Å². The molecule has 1 atom stereocenters. The fraction of sp³-hybridized carbons (Fsp3) is 0.154. The number of rotatable bonds is 3. The first kappa shape index (κ1) is 13.1.